The minimum Gasteiger partial charge on any atom is -0.403 e. The van der Waals surface area contributed by atoms with Gasteiger partial charge in [0.15, 0.2) is 0 Å². The van der Waals surface area contributed by atoms with Crippen LogP contribution in [0.3, 0.4) is 0 Å². The van der Waals surface area contributed by atoms with Gasteiger partial charge in [-0.3, -0.25) is 0 Å². The minimum atomic E-state index is -0.132. The Hall–Kier alpha value is -3.06. The zero-order chi connectivity index (χ0) is 18.6. The van der Waals surface area contributed by atoms with E-state index in [-0.39, 0.29) is 6.03 Å². The molecule has 2 heterocycles. The molecule has 2 amide bonds. The van der Waals surface area contributed by atoms with Gasteiger partial charge in [-0.05, 0) is 36.4 Å². The van der Waals surface area contributed by atoms with E-state index in [9.17, 15) is 4.79 Å². The van der Waals surface area contributed by atoms with E-state index in [1.165, 1.54) is 0 Å². The van der Waals surface area contributed by atoms with Crippen molar-refractivity contribution in [3.8, 4) is 11.5 Å². The van der Waals surface area contributed by atoms with Crippen LogP contribution in [0.25, 0.3) is 11.5 Å². The maximum Gasteiger partial charge on any atom is 0.321 e. The highest BCUT2D eigenvalue weighted by molar-refractivity contribution is 6.30. The molecule has 1 N–H and O–H groups in total. The number of amides is 2. The predicted molar refractivity (Wildman–Crippen MR) is 104 cm³/mol. The van der Waals surface area contributed by atoms with Crippen molar-refractivity contribution >= 4 is 29.3 Å². The van der Waals surface area contributed by atoms with Gasteiger partial charge in [-0.15, -0.1) is 5.10 Å². The molecule has 0 saturated carbocycles. The lowest BCUT2D eigenvalue weighted by atomic mass is 10.2. The van der Waals surface area contributed by atoms with Crippen LogP contribution in [0.2, 0.25) is 5.02 Å². The fraction of sp³-hybridized carbons (Fsp3) is 0.211. The highest BCUT2D eigenvalue weighted by atomic mass is 35.5. The van der Waals surface area contributed by atoms with Gasteiger partial charge in [0.05, 0.1) is 0 Å². The van der Waals surface area contributed by atoms with Gasteiger partial charge in [0.2, 0.25) is 5.89 Å². The molecule has 1 aromatic heterocycles. The summed E-state index contributed by atoms with van der Waals surface area (Å²) in [5, 5.41) is 11.8. The van der Waals surface area contributed by atoms with Crippen molar-refractivity contribution in [2.75, 3.05) is 36.4 Å². The topological polar surface area (TPSA) is 74.5 Å². The highest BCUT2D eigenvalue weighted by Gasteiger charge is 2.24. The lowest BCUT2D eigenvalue weighted by Gasteiger charge is -2.33. The molecule has 1 fully saturated rings. The average Bonchev–Trinajstić information content (AvgIpc) is 3.21. The molecule has 0 spiro atoms. The molecule has 0 radical (unpaired) electrons. The minimum absolute atomic E-state index is 0.132. The number of benzene rings is 2. The second-order valence-electron chi connectivity index (χ2n) is 6.17. The second-order valence-corrected chi connectivity index (χ2v) is 6.60. The van der Waals surface area contributed by atoms with Crippen LogP contribution >= 0.6 is 11.6 Å². The van der Waals surface area contributed by atoms with Crippen LogP contribution in [0.4, 0.5) is 16.5 Å². The Morgan fingerprint density at radius 2 is 1.67 bits per heavy atom. The number of hydrogen-bond acceptors (Lipinski definition) is 5. The molecule has 1 aliphatic rings. The number of anilines is 2. The van der Waals surface area contributed by atoms with Gasteiger partial charge in [0.25, 0.3) is 0 Å². The fourth-order valence-corrected chi connectivity index (χ4v) is 3.00. The van der Waals surface area contributed by atoms with E-state index < -0.39 is 0 Å². The van der Waals surface area contributed by atoms with E-state index >= 15 is 0 Å². The molecule has 0 unspecified atom stereocenters. The number of nitrogens with one attached hydrogen (secondary N) is 1. The Labute approximate surface area is 161 Å². The average molecular weight is 384 g/mol. The van der Waals surface area contributed by atoms with E-state index in [0.717, 1.165) is 11.3 Å². The van der Waals surface area contributed by atoms with Gasteiger partial charge in [-0.2, -0.15) is 0 Å². The van der Waals surface area contributed by atoms with Gasteiger partial charge in [0.1, 0.15) is 0 Å². The molecule has 138 valence electrons. The van der Waals surface area contributed by atoms with Crippen LogP contribution in [0.15, 0.2) is 59.0 Å². The van der Waals surface area contributed by atoms with Gasteiger partial charge in [0, 0.05) is 42.5 Å². The maximum absolute atomic E-state index is 12.4. The fourth-order valence-electron chi connectivity index (χ4n) is 2.88. The number of piperazine rings is 1. The Balaban J connectivity index is 1.34. The number of carbonyl (C=O) groups excluding carboxylic acids is 1. The third-order valence-electron chi connectivity index (χ3n) is 4.37. The molecule has 27 heavy (non-hydrogen) atoms. The summed E-state index contributed by atoms with van der Waals surface area (Å²) in [5.74, 6) is 0.494. The SMILES string of the molecule is O=C(Nc1ccc(Cl)cc1)N1CCN(c2nnc(-c3ccccc3)o2)CC1. The largest absolute Gasteiger partial charge is 0.403 e. The molecule has 7 nitrogen and oxygen atoms in total. The number of rotatable bonds is 3. The Morgan fingerprint density at radius 3 is 2.37 bits per heavy atom. The lowest BCUT2D eigenvalue weighted by Crippen LogP contribution is -2.50. The molecular weight excluding hydrogens is 366 g/mol. The highest BCUT2D eigenvalue weighted by Crippen LogP contribution is 2.22. The van der Waals surface area contributed by atoms with Crippen LogP contribution in [-0.4, -0.2) is 47.3 Å². The van der Waals surface area contributed by atoms with Crippen molar-refractivity contribution in [1.29, 1.82) is 0 Å². The zero-order valence-electron chi connectivity index (χ0n) is 14.5. The molecule has 8 heteroatoms. The van der Waals surface area contributed by atoms with Crippen molar-refractivity contribution in [2.24, 2.45) is 0 Å². The number of carbonyl (C=O) groups is 1. The number of hydrogen-bond donors (Lipinski definition) is 1. The summed E-state index contributed by atoms with van der Waals surface area (Å²) in [7, 11) is 0. The first kappa shape index (κ1) is 17.4. The first-order chi connectivity index (χ1) is 13.2. The smallest absolute Gasteiger partial charge is 0.321 e. The third kappa shape index (κ3) is 4.03. The molecule has 4 rings (SSSR count). The summed E-state index contributed by atoms with van der Waals surface area (Å²) in [6.45, 7) is 2.40. The summed E-state index contributed by atoms with van der Waals surface area (Å²) in [5.41, 5.74) is 1.61. The van der Waals surface area contributed by atoms with Crippen molar-refractivity contribution in [3.63, 3.8) is 0 Å². The molecule has 2 aromatic carbocycles. The van der Waals surface area contributed by atoms with Gasteiger partial charge in [-0.25, -0.2) is 4.79 Å². The first-order valence-corrected chi connectivity index (χ1v) is 9.02. The number of aromatic nitrogens is 2. The van der Waals surface area contributed by atoms with Crippen LogP contribution in [0.1, 0.15) is 0 Å². The van der Waals surface area contributed by atoms with E-state index in [4.69, 9.17) is 16.0 Å². The van der Waals surface area contributed by atoms with Gasteiger partial charge < -0.3 is 19.5 Å². The quantitative estimate of drug-likeness (QED) is 0.745. The Bertz CT molecular complexity index is 905. The monoisotopic (exact) mass is 383 g/mol. The standard InChI is InChI=1S/C19H18ClN5O2/c20-15-6-8-16(9-7-15)21-18(26)24-10-12-25(13-11-24)19-23-22-17(27-19)14-4-2-1-3-5-14/h1-9H,10-13H2,(H,21,26). The van der Waals surface area contributed by atoms with Crippen LogP contribution in [0, 0.1) is 0 Å². The zero-order valence-corrected chi connectivity index (χ0v) is 15.3. The van der Waals surface area contributed by atoms with Gasteiger partial charge >= 0.3 is 12.0 Å². The molecule has 3 aromatic rings. The Morgan fingerprint density at radius 1 is 0.963 bits per heavy atom. The summed E-state index contributed by atoms with van der Waals surface area (Å²) in [4.78, 5) is 16.2. The summed E-state index contributed by atoms with van der Waals surface area (Å²) < 4.78 is 5.78. The molecule has 0 bridgehead atoms. The summed E-state index contributed by atoms with van der Waals surface area (Å²) in [6.07, 6.45) is 0. The lowest BCUT2D eigenvalue weighted by molar-refractivity contribution is 0.207. The number of nitrogens with zero attached hydrogens (tertiary/aromatic N) is 4. The number of halogens is 1. The van der Waals surface area contributed by atoms with Crippen molar-refractivity contribution in [2.45, 2.75) is 0 Å². The molecule has 0 aliphatic carbocycles. The van der Waals surface area contributed by atoms with E-state index in [1.54, 1.807) is 29.2 Å². The third-order valence-corrected chi connectivity index (χ3v) is 4.62. The van der Waals surface area contributed by atoms with E-state index in [2.05, 4.69) is 15.5 Å². The second kappa shape index (κ2) is 7.67. The Kier molecular flexibility index (Phi) is 4.93. The predicted octanol–water partition coefficient (Wildman–Crippen LogP) is 3.74. The van der Waals surface area contributed by atoms with Crippen molar-refractivity contribution in [3.05, 3.63) is 59.6 Å². The van der Waals surface area contributed by atoms with E-state index in [0.29, 0.717) is 43.1 Å². The molecular formula is C19H18ClN5O2. The van der Waals surface area contributed by atoms with Crippen molar-refractivity contribution < 1.29 is 9.21 Å². The van der Waals surface area contributed by atoms with Crippen LogP contribution < -0.4 is 10.2 Å². The first-order valence-electron chi connectivity index (χ1n) is 8.64. The van der Waals surface area contributed by atoms with Crippen molar-refractivity contribution in [1.82, 2.24) is 15.1 Å². The normalized spacial score (nSPS) is 14.3. The molecule has 1 aliphatic heterocycles. The maximum atomic E-state index is 12.4. The summed E-state index contributed by atoms with van der Waals surface area (Å²) >= 11 is 5.86. The summed E-state index contributed by atoms with van der Waals surface area (Å²) in [6, 6.07) is 17.0. The number of urea groups is 1. The molecule has 1 saturated heterocycles. The van der Waals surface area contributed by atoms with Crippen LogP contribution in [-0.2, 0) is 0 Å². The van der Waals surface area contributed by atoms with Gasteiger partial charge in [-0.1, -0.05) is 34.9 Å². The van der Waals surface area contributed by atoms with E-state index in [1.807, 2.05) is 35.2 Å². The van der Waals surface area contributed by atoms with Crippen LogP contribution in [0.5, 0.6) is 0 Å². The molecule has 0 atom stereocenters.